The maximum atomic E-state index is 12.7. The molecule has 6 nitrogen and oxygen atoms in total. The number of sulfonamides is 1. The second-order valence-electron chi connectivity index (χ2n) is 6.98. The lowest BCUT2D eigenvalue weighted by atomic mass is 10.1. The molecule has 1 aromatic heterocycles. The summed E-state index contributed by atoms with van der Waals surface area (Å²) in [6, 6.07) is 10.4. The highest BCUT2D eigenvalue weighted by atomic mass is 32.2. The zero-order valence-corrected chi connectivity index (χ0v) is 17.4. The zero-order valence-electron chi connectivity index (χ0n) is 15.8. The molecular weight excluding hydrogens is 396 g/mol. The van der Waals surface area contributed by atoms with Gasteiger partial charge in [-0.3, -0.25) is 4.79 Å². The van der Waals surface area contributed by atoms with Gasteiger partial charge < -0.3 is 10.4 Å². The second-order valence-corrected chi connectivity index (χ2v) is 10.3. The third-order valence-corrected chi connectivity index (χ3v) is 8.23. The predicted molar refractivity (Wildman–Crippen MR) is 110 cm³/mol. The summed E-state index contributed by atoms with van der Waals surface area (Å²) in [7, 11) is -3.43. The molecule has 8 heteroatoms. The van der Waals surface area contributed by atoms with Crippen LogP contribution in [0.3, 0.4) is 0 Å². The SMILES string of the molecule is O=C(Cc1ccc(S(=O)(=O)N2CCCCC2)s1)NCCCc1ccc(O)cc1. The summed E-state index contributed by atoms with van der Waals surface area (Å²) in [5.41, 5.74) is 1.11. The van der Waals surface area contributed by atoms with Gasteiger partial charge in [0, 0.05) is 24.5 Å². The first-order valence-corrected chi connectivity index (χ1v) is 11.8. The third-order valence-electron chi connectivity index (χ3n) is 4.78. The Kier molecular flexibility index (Phi) is 7.09. The molecule has 2 N–H and O–H groups in total. The van der Waals surface area contributed by atoms with Crippen LogP contribution >= 0.6 is 11.3 Å². The third kappa shape index (κ3) is 5.56. The largest absolute Gasteiger partial charge is 0.508 e. The number of phenols is 1. The van der Waals surface area contributed by atoms with Crippen molar-refractivity contribution in [3.63, 3.8) is 0 Å². The average Bonchev–Trinajstić information content (AvgIpc) is 3.16. The molecule has 152 valence electrons. The van der Waals surface area contributed by atoms with Gasteiger partial charge >= 0.3 is 0 Å². The summed E-state index contributed by atoms with van der Waals surface area (Å²) < 4.78 is 27.2. The fourth-order valence-corrected chi connectivity index (χ4v) is 6.25. The normalized spacial score (nSPS) is 15.4. The van der Waals surface area contributed by atoms with Crippen LogP contribution in [0.2, 0.25) is 0 Å². The summed E-state index contributed by atoms with van der Waals surface area (Å²) in [5, 5.41) is 12.2. The molecule has 1 amide bonds. The van der Waals surface area contributed by atoms with Crippen LogP contribution in [0.15, 0.2) is 40.6 Å². The lowest BCUT2D eigenvalue weighted by molar-refractivity contribution is -0.120. The van der Waals surface area contributed by atoms with E-state index in [9.17, 15) is 18.3 Å². The Morgan fingerprint density at radius 2 is 1.79 bits per heavy atom. The number of hydrogen-bond donors (Lipinski definition) is 2. The van der Waals surface area contributed by atoms with Crippen molar-refractivity contribution in [2.75, 3.05) is 19.6 Å². The van der Waals surface area contributed by atoms with E-state index in [2.05, 4.69) is 5.32 Å². The fourth-order valence-electron chi connectivity index (χ4n) is 3.23. The highest BCUT2D eigenvalue weighted by Gasteiger charge is 2.27. The van der Waals surface area contributed by atoms with Crippen LogP contribution in [0.25, 0.3) is 0 Å². The molecular formula is C20H26N2O4S2. The Labute approximate surface area is 170 Å². The van der Waals surface area contributed by atoms with Crippen LogP contribution in [0.4, 0.5) is 0 Å². The molecule has 2 aromatic rings. The molecule has 0 atom stereocenters. The minimum atomic E-state index is -3.43. The van der Waals surface area contributed by atoms with Crippen molar-refractivity contribution in [2.45, 2.75) is 42.7 Å². The summed E-state index contributed by atoms with van der Waals surface area (Å²) in [5.74, 6) is 0.143. The Morgan fingerprint density at radius 1 is 1.07 bits per heavy atom. The predicted octanol–water partition coefficient (Wildman–Crippen LogP) is 2.92. The van der Waals surface area contributed by atoms with E-state index in [0.29, 0.717) is 23.8 Å². The van der Waals surface area contributed by atoms with Gasteiger partial charge in [0.15, 0.2) is 0 Å². The molecule has 0 aliphatic carbocycles. The smallest absolute Gasteiger partial charge is 0.252 e. The summed E-state index contributed by atoms with van der Waals surface area (Å²) in [6.45, 7) is 1.72. The maximum absolute atomic E-state index is 12.7. The van der Waals surface area contributed by atoms with Crippen LogP contribution in [-0.2, 0) is 27.7 Å². The van der Waals surface area contributed by atoms with Gasteiger partial charge in [0.05, 0.1) is 6.42 Å². The number of benzene rings is 1. The monoisotopic (exact) mass is 422 g/mol. The number of carbonyl (C=O) groups is 1. The summed E-state index contributed by atoms with van der Waals surface area (Å²) in [4.78, 5) is 12.9. The summed E-state index contributed by atoms with van der Waals surface area (Å²) in [6.07, 6.45) is 4.70. The van der Waals surface area contributed by atoms with Crippen molar-refractivity contribution in [1.82, 2.24) is 9.62 Å². The summed E-state index contributed by atoms with van der Waals surface area (Å²) >= 11 is 1.19. The van der Waals surface area contributed by atoms with Crippen molar-refractivity contribution < 1.29 is 18.3 Å². The molecule has 1 aromatic carbocycles. The minimum Gasteiger partial charge on any atom is -0.508 e. The Balaban J connectivity index is 1.45. The van der Waals surface area contributed by atoms with Crippen LogP contribution < -0.4 is 5.32 Å². The highest BCUT2D eigenvalue weighted by Crippen LogP contribution is 2.27. The first kappa shape index (κ1) is 20.8. The number of amides is 1. The van der Waals surface area contributed by atoms with Crippen molar-refractivity contribution in [3.8, 4) is 5.75 Å². The van der Waals surface area contributed by atoms with E-state index in [1.165, 1.54) is 11.3 Å². The number of phenolic OH excluding ortho intramolecular Hbond substituents is 1. The zero-order chi connectivity index (χ0) is 20.0. The fraction of sp³-hybridized carbons (Fsp3) is 0.450. The molecule has 28 heavy (non-hydrogen) atoms. The van der Waals surface area contributed by atoms with E-state index in [1.807, 2.05) is 12.1 Å². The number of carbonyl (C=O) groups excluding carboxylic acids is 1. The quantitative estimate of drug-likeness (QED) is 0.641. The molecule has 1 saturated heterocycles. The van der Waals surface area contributed by atoms with Crippen LogP contribution in [0, 0.1) is 0 Å². The van der Waals surface area contributed by atoms with Gasteiger partial charge in [0.2, 0.25) is 5.91 Å². The number of aryl methyl sites for hydroxylation is 1. The van der Waals surface area contributed by atoms with Gasteiger partial charge in [-0.1, -0.05) is 18.6 Å². The lowest BCUT2D eigenvalue weighted by Crippen LogP contribution is -2.35. The molecule has 0 saturated carbocycles. The number of aromatic hydroxyl groups is 1. The molecule has 0 spiro atoms. The van der Waals surface area contributed by atoms with E-state index in [4.69, 9.17) is 0 Å². The highest BCUT2D eigenvalue weighted by molar-refractivity contribution is 7.91. The van der Waals surface area contributed by atoms with E-state index in [0.717, 1.165) is 42.5 Å². The molecule has 3 rings (SSSR count). The van der Waals surface area contributed by atoms with E-state index in [-0.39, 0.29) is 18.1 Å². The van der Waals surface area contributed by atoms with Gasteiger partial charge in [0.1, 0.15) is 9.96 Å². The number of rotatable bonds is 8. The Morgan fingerprint density at radius 3 is 2.50 bits per heavy atom. The molecule has 0 bridgehead atoms. The van der Waals surface area contributed by atoms with Gasteiger partial charge in [-0.05, 0) is 55.5 Å². The molecule has 0 radical (unpaired) electrons. The van der Waals surface area contributed by atoms with E-state index >= 15 is 0 Å². The van der Waals surface area contributed by atoms with Crippen LogP contribution in [0.5, 0.6) is 5.75 Å². The standard InChI is InChI=1S/C20H26N2O4S2/c23-17-8-6-16(7-9-17)5-4-12-21-19(24)15-18-10-11-20(27-18)28(25,26)22-13-2-1-3-14-22/h6-11,23H,1-5,12-15H2,(H,21,24). The number of thiophene rings is 1. The van der Waals surface area contributed by atoms with Crippen LogP contribution in [0.1, 0.15) is 36.1 Å². The first-order valence-electron chi connectivity index (χ1n) is 9.58. The van der Waals surface area contributed by atoms with Crippen molar-refractivity contribution >= 4 is 27.3 Å². The molecule has 2 heterocycles. The van der Waals surface area contributed by atoms with Crippen molar-refractivity contribution in [3.05, 3.63) is 46.8 Å². The van der Waals surface area contributed by atoms with E-state index in [1.54, 1.807) is 28.6 Å². The maximum Gasteiger partial charge on any atom is 0.252 e. The molecule has 1 fully saturated rings. The Hall–Kier alpha value is -1.90. The van der Waals surface area contributed by atoms with Gasteiger partial charge in [-0.2, -0.15) is 4.31 Å². The Bertz CT molecular complexity index is 885. The van der Waals surface area contributed by atoms with Gasteiger partial charge in [0.25, 0.3) is 10.0 Å². The number of piperidine rings is 1. The minimum absolute atomic E-state index is 0.102. The molecule has 0 unspecified atom stereocenters. The van der Waals surface area contributed by atoms with Crippen molar-refractivity contribution in [2.24, 2.45) is 0 Å². The lowest BCUT2D eigenvalue weighted by Gasteiger charge is -2.25. The van der Waals surface area contributed by atoms with Gasteiger partial charge in [-0.25, -0.2) is 8.42 Å². The molecule has 1 aliphatic rings. The topological polar surface area (TPSA) is 86.7 Å². The molecule has 1 aliphatic heterocycles. The number of nitrogens with zero attached hydrogens (tertiary/aromatic N) is 1. The van der Waals surface area contributed by atoms with Crippen molar-refractivity contribution in [1.29, 1.82) is 0 Å². The second kappa shape index (κ2) is 9.54. The van der Waals surface area contributed by atoms with Crippen LogP contribution in [-0.4, -0.2) is 43.4 Å². The number of hydrogen-bond acceptors (Lipinski definition) is 5. The first-order chi connectivity index (χ1) is 13.4. The van der Waals surface area contributed by atoms with E-state index < -0.39 is 10.0 Å². The average molecular weight is 423 g/mol. The number of nitrogens with one attached hydrogen (secondary N) is 1. The van der Waals surface area contributed by atoms with Gasteiger partial charge in [-0.15, -0.1) is 11.3 Å².